The Morgan fingerprint density at radius 1 is 1.32 bits per heavy atom. The molecule has 3 rings (SSSR count). The number of hydrogen-bond donors (Lipinski definition) is 1. The Hall–Kier alpha value is -0.740. The summed E-state index contributed by atoms with van der Waals surface area (Å²) < 4.78 is 11.8. The van der Waals surface area contributed by atoms with Gasteiger partial charge in [-0.05, 0) is 52.4 Å². The van der Waals surface area contributed by atoms with Crippen LogP contribution in [-0.2, 0) is 6.54 Å². The fourth-order valence-electron chi connectivity index (χ4n) is 3.00. The van der Waals surface area contributed by atoms with Crippen LogP contribution in [0.2, 0.25) is 0 Å². The number of halogens is 1. The molecule has 0 aromatic heterocycles. The third-order valence-electron chi connectivity index (χ3n) is 4.02. The molecule has 3 nitrogen and oxygen atoms in total. The summed E-state index contributed by atoms with van der Waals surface area (Å²) in [5.74, 6) is 2.54. The summed E-state index contributed by atoms with van der Waals surface area (Å²) in [6.45, 7) is 3.57. The van der Waals surface area contributed by atoms with Gasteiger partial charge in [0.1, 0.15) is 0 Å². The first-order valence-corrected chi connectivity index (χ1v) is 7.83. The number of nitrogens with one attached hydrogen (secondary N) is 1. The maximum atomic E-state index is 5.45. The van der Waals surface area contributed by atoms with Crippen LogP contribution in [0.4, 0.5) is 0 Å². The highest BCUT2D eigenvalue weighted by Gasteiger charge is 2.20. The molecule has 1 aromatic rings. The van der Waals surface area contributed by atoms with E-state index in [1.165, 1.54) is 31.2 Å². The minimum Gasteiger partial charge on any atom is -0.454 e. The van der Waals surface area contributed by atoms with Crippen molar-refractivity contribution < 1.29 is 9.47 Å². The van der Waals surface area contributed by atoms with Gasteiger partial charge in [-0.15, -0.1) is 0 Å². The van der Waals surface area contributed by atoms with Gasteiger partial charge in [0.25, 0.3) is 0 Å². The van der Waals surface area contributed by atoms with E-state index >= 15 is 0 Å². The Balaban J connectivity index is 1.62. The topological polar surface area (TPSA) is 30.5 Å². The van der Waals surface area contributed by atoms with Gasteiger partial charge in [-0.3, -0.25) is 0 Å². The van der Waals surface area contributed by atoms with E-state index in [4.69, 9.17) is 9.47 Å². The molecule has 19 heavy (non-hydrogen) atoms. The summed E-state index contributed by atoms with van der Waals surface area (Å²) in [5.41, 5.74) is 1.24. The maximum Gasteiger partial charge on any atom is 0.231 e. The second-order valence-electron chi connectivity index (χ2n) is 5.66. The molecule has 104 valence electrons. The van der Waals surface area contributed by atoms with Gasteiger partial charge in [-0.2, -0.15) is 0 Å². The zero-order valence-corrected chi connectivity index (χ0v) is 12.8. The van der Waals surface area contributed by atoms with Crippen LogP contribution in [0, 0.1) is 5.92 Å². The lowest BCUT2D eigenvalue weighted by atomic mass is 9.87. The van der Waals surface area contributed by atoms with E-state index in [0.717, 1.165) is 28.4 Å². The van der Waals surface area contributed by atoms with Crippen molar-refractivity contribution in [3.8, 4) is 11.5 Å². The van der Waals surface area contributed by atoms with Crippen LogP contribution < -0.4 is 14.8 Å². The van der Waals surface area contributed by atoms with E-state index in [-0.39, 0.29) is 0 Å². The molecule has 1 aliphatic heterocycles. The Morgan fingerprint density at radius 2 is 2.21 bits per heavy atom. The van der Waals surface area contributed by atoms with E-state index in [0.29, 0.717) is 12.8 Å². The molecule has 2 atom stereocenters. The van der Waals surface area contributed by atoms with Crippen molar-refractivity contribution in [2.45, 2.75) is 45.2 Å². The third-order valence-corrected chi connectivity index (χ3v) is 4.61. The Morgan fingerprint density at radius 3 is 3.05 bits per heavy atom. The van der Waals surface area contributed by atoms with E-state index in [1.54, 1.807) is 0 Å². The van der Waals surface area contributed by atoms with Gasteiger partial charge >= 0.3 is 0 Å². The van der Waals surface area contributed by atoms with Crippen LogP contribution in [0.5, 0.6) is 11.5 Å². The van der Waals surface area contributed by atoms with Crippen LogP contribution in [0.1, 0.15) is 38.2 Å². The van der Waals surface area contributed by atoms with E-state index in [1.807, 2.05) is 0 Å². The summed E-state index contributed by atoms with van der Waals surface area (Å²) in [7, 11) is 0. The van der Waals surface area contributed by atoms with E-state index < -0.39 is 0 Å². The number of hydrogen-bond acceptors (Lipinski definition) is 3. The molecule has 1 aliphatic carbocycles. The molecule has 0 bridgehead atoms. The molecule has 2 aliphatic rings. The van der Waals surface area contributed by atoms with Crippen LogP contribution in [-0.4, -0.2) is 12.8 Å². The fourth-order valence-corrected chi connectivity index (χ4v) is 3.61. The van der Waals surface area contributed by atoms with Crippen molar-refractivity contribution in [3.05, 3.63) is 22.2 Å². The van der Waals surface area contributed by atoms with E-state index in [2.05, 4.69) is 40.3 Å². The first-order valence-electron chi connectivity index (χ1n) is 7.04. The monoisotopic (exact) mass is 325 g/mol. The number of ether oxygens (including phenoxy) is 2. The van der Waals surface area contributed by atoms with Gasteiger partial charge in [0, 0.05) is 12.6 Å². The zero-order chi connectivity index (χ0) is 13.2. The average molecular weight is 326 g/mol. The van der Waals surface area contributed by atoms with Crippen molar-refractivity contribution >= 4 is 15.9 Å². The standard InChI is InChI=1S/C15H20BrNO2/c1-10-3-2-4-12(5-10)17-8-11-6-13(16)15-14(7-11)18-9-19-15/h6-7,10,12,17H,2-5,8-9H2,1H3. The first kappa shape index (κ1) is 13.3. The largest absolute Gasteiger partial charge is 0.454 e. The second-order valence-corrected chi connectivity index (χ2v) is 6.52. The first-order chi connectivity index (χ1) is 9.22. The molecule has 0 spiro atoms. The smallest absolute Gasteiger partial charge is 0.231 e. The van der Waals surface area contributed by atoms with Crippen LogP contribution >= 0.6 is 15.9 Å². The number of fused-ring (bicyclic) bond motifs is 1. The summed E-state index contributed by atoms with van der Waals surface area (Å²) in [4.78, 5) is 0. The average Bonchev–Trinajstić information content (AvgIpc) is 2.85. The van der Waals surface area contributed by atoms with Crippen molar-refractivity contribution in [2.24, 2.45) is 5.92 Å². The molecule has 1 aromatic carbocycles. The number of benzene rings is 1. The van der Waals surface area contributed by atoms with Gasteiger partial charge < -0.3 is 14.8 Å². The third kappa shape index (κ3) is 3.06. The van der Waals surface area contributed by atoms with Crippen molar-refractivity contribution in [1.29, 1.82) is 0 Å². The van der Waals surface area contributed by atoms with Crippen molar-refractivity contribution in [2.75, 3.05) is 6.79 Å². The predicted octanol–water partition coefficient (Wildman–Crippen LogP) is 3.85. The molecule has 0 amide bonds. The summed E-state index contributed by atoms with van der Waals surface area (Å²) in [6.07, 6.45) is 5.33. The molecular weight excluding hydrogens is 306 g/mol. The molecule has 1 N–H and O–H groups in total. The summed E-state index contributed by atoms with van der Waals surface area (Å²) in [6, 6.07) is 4.85. The van der Waals surface area contributed by atoms with Gasteiger partial charge in [-0.25, -0.2) is 0 Å². The minimum absolute atomic E-state index is 0.324. The Labute approximate surface area is 122 Å². The quantitative estimate of drug-likeness (QED) is 0.915. The van der Waals surface area contributed by atoms with Gasteiger partial charge in [0.2, 0.25) is 6.79 Å². The normalized spacial score (nSPS) is 25.6. The Bertz CT molecular complexity index is 464. The molecular formula is C15H20BrNO2. The minimum atomic E-state index is 0.324. The van der Waals surface area contributed by atoms with Gasteiger partial charge in [-0.1, -0.05) is 19.8 Å². The maximum absolute atomic E-state index is 5.45. The fraction of sp³-hybridized carbons (Fsp3) is 0.600. The van der Waals surface area contributed by atoms with Gasteiger partial charge in [0.05, 0.1) is 4.47 Å². The van der Waals surface area contributed by atoms with E-state index in [9.17, 15) is 0 Å². The highest BCUT2D eigenvalue weighted by molar-refractivity contribution is 9.10. The van der Waals surface area contributed by atoms with Crippen LogP contribution in [0.15, 0.2) is 16.6 Å². The number of rotatable bonds is 3. The van der Waals surface area contributed by atoms with Crippen LogP contribution in [0.25, 0.3) is 0 Å². The van der Waals surface area contributed by atoms with Gasteiger partial charge in [0.15, 0.2) is 11.5 Å². The lowest BCUT2D eigenvalue weighted by molar-refractivity contribution is 0.173. The van der Waals surface area contributed by atoms with Crippen molar-refractivity contribution in [1.82, 2.24) is 5.32 Å². The van der Waals surface area contributed by atoms with Crippen molar-refractivity contribution in [3.63, 3.8) is 0 Å². The predicted molar refractivity (Wildman–Crippen MR) is 78.5 cm³/mol. The zero-order valence-electron chi connectivity index (χ0n) is 11.2. The summed E-state index contributed by atoms with van der Waals surface area (Å²) >= 11 is 3.54. The molecule has 0 radical (unpaired) electrons. The second kappa shape index (κ2) is 5.71. The highest BCUT2D eigenvalue weighted by Crippen LogP contribution is 2.40. The lowest BCUT2D eigenvalue weighted by Crippen LogP contribution is -2.33. The Kier molecular flexibility index (Phi) is 3.99. The lowest BCUT2D eigenvalue weighted by Gasteiger charge is -2.27. The molecule has 4 heteroatoms. The SMILES string of the molecule is CC1CCCC(NCc2cc(Br)c3c(c2)OCO3)C1. The molecule has 1 fully saturated rings. The summed E-state index contributed by atoms with van der Waals surface area (Å²) in [5, 5.41) is 3.67. The van der Waals surface area contributed by atoms with Crippen LogP contribution in [0.3, 0.4) is 0 Å². The molecule has 1 saturated carbocycles. The molecule has 1 heterocycles. The molecule has 2 unspecified atom stereocenters. The highest BCUT2D eigenvalue weighted by atomic mass is 79.9. The molecule has 0 saturated heterocycles.